The van der Waals surface area contributed by atoms with Crippen LogP contribution in [0.15, 0.2) is 30.3 Å². The van der Waals surface area contributed by atoms with Gasteiger partial charge >= 0.3 is 0 Å². The summed E-state index contributed by atoms with van der Waals surface area (Å²) in [5.74, 6) is -0.0230. The number of carbonyl (C=O) groups excluding carboxylic acids is 2. The van der Waals surface area contributed by atoms with E-state index in [2.05, 4.69) is 16.0 Å². The molecule has 5 nitrogen and oxygen atoms in total. The quantitative estimate of drug-likeness (QED) is 0.686. The van der Waals surface area contributed by atoms with Gasteiger partial charge in [-0.1, -0.05) is 18.2 Å². The van der Waals surface area contributed by atoms with Crippen LogP contribution in [0.2, 0.25) is 0 Å². The van der Waals surface area contributed by atoms with Crippen LogP contribution in [0.1, 0.15) is 36.0 Å². The van der Waals surface area contributed by atoms with Gasteiger partial charge < -0.3 is 16.0 Å². The summed E-state index contributed by atoms with van der Waals surface area (Å²) in [7, 11) is 0. The first-order valence-electron chi connectivity index (χ1n) is 7.59. The zero-order valence-electron chi connectivity index (χ0n) is 12.2. The van der Waals surface area contributed by atoms with Crippen molar-refractivity contribution in [3.63, 3.8) is 0 Å². The highest BCUT2D eigenvalue weighted by Gasteiger charge is 2.14. The third kappa shape index (κ3) is 5.55. The van der Waals surface area contributed by atoms with Gasteiger partial charge in [-0.2, -0.15) is 0 Å². The lowest BCUT2D eigenvalue weighted by Gasteiger charge is -2.23. The van der Waals surface area contributed by atoms with E-state index in [0.29, 0.717) is 24.9 Å². The van der Waals surface area contributed by atoms with Crippen LogP contribution in [0.5, 0.6) is 0 Å². The van der Waals surface area contributed by atoms with Gasteiger partial charge in [0.1, 0.15) is 0 Å². The van der Waals surface area contributed by atoms with E-state index in [4.69, 9.17) is 0 Å². The Labute approximate surface area is 125 Å². The molecule has 1 atom stereocenters. The highest BCUT2D eigenvalue weighted by Crippen LogP contribution is 2.02. The Morgan fingerprint density at radius 3 is 2.76 bits per heavy atom. The molecule has 3 N–H and O–H groups in total. The fourth-order valence-electron chi connectivity index (χ4n) is 2.42. The first-order chi connectivity index (χ1) is 10.3. The number of nitrogens with one attached hydrogen (secondary N) is 3. The second kappa shape index (κ2) is 8.42. The molecule has 2 rings (SSSR count). The van der Waals surface area contributed by atoms with Crippen molar-refractivity contribution in [2.75, 3.05) is 19.6 Å². The Balaban J connectivity index is 1.58. The fraction of sp³-hybridized carbons (Fsp3) is 0.500. The van der Waals surface area contributed by atoms with Gasteiger partial charge in [-0.3, -0.25) is 9.59 Å². The predicted octanol–water partition coefficient (Wildman–Crippen LogP) is 1.06. The summed E-state index contributed by atoms with van der Waals surface area (Å²) in [5.41, 5.74) is 0.648. The molecule has 1 aromatic rings. The number of amides is 2. The summed E-state index contributed by atoms with van der Waals surface area (Å²) in [4.78, 5) is 23.6. The van der Waals surface area contributed by atoms with E-state index in [0.717, 1.165) is 25.9 Å². The van der Waals surface area contributed by atoms with E-state index in [-0.39, 0.29) is 17.9 Å². The molecule has 0 spiro atoms. The Hall–Kier alpha value is -1.88. The minimum absolute atomic E-state index is 0.0673. The predicted molar refractivity (Wildman–Crippen MR) is 82.0 cm³/mol. The monoisotopic (exact) mass is 289 g/mol. The first kappa shape index (κ1) is 15.5. The third-order valence-corrected chi connectivity index (χ3v) is 3.56. The van der Waals surface area contributed by atoms with Crippen molar-refractivity contribution in [1.82, 2.24) is 16.0 Å². The normalized spacial score (nSPS) is 18.0. The van der Waals surface area contributed by atoms with E-state index in [9.17, 15) is 9.59 Å². The van der Waals surface area contributed by atoms with E-state index in [1.165, 1.54) is 0 Å². The molecule has 0 bridgehead atoms. The smallest absolute Gasteiger partial charge is 0.251 e. The second-order valence-corrected chi connectivity index (χ2v) is 5.34. The molecule has 21 heavy (non-hydrogen) atoms. The maximum absolute atomic E-state index is 11.8. The fourth-order valence-corrected chi connectivity index (χ4v) is 2.42. The van der Waals surface area contributed by atoms with Gasteiger partial charge in [-0.05, 0) is 37.9 Å². The largest absolute Gasteiger partial charge is 0.352 e. The van der Waals surface area contributed by atoms with Crippen LogP contribution in [0.25, 0.3) is 0 Å². The molecule has 0 aliphatic carbocycles. The average molecular weight is 289 g/mol. The topological polar surface area (TPSA) is 70.2 Å². The summed E-state index contributed by atoms with van der Waals surface area (Å²) in [6.45, 7) is 2.42. The molecule has 1 aliphatic rings. The molecular weight excluding hydrogens is 266 g/mol. The van der Waals surface area contributed by atoms with Crippen LogP contribution in [0, 0.1) is 0 Å². The highest BCUT2D eigenvalue weighted by atomic mass is 16.2. The lowest BCUT2D eigenvalue weighted by molar-refractivity contribution is -0.122. The Kier molecular flexibility index (Phi) is 6.22. The van der Waals surface area contributed by atoms with Crippen molar-refractivity contribution in [3.8, 4) is 0 Å². The molecule has 1 aliphatic heterocycles. The standard InChI is InChI=1S/C16H23N3O2/c20-15(19-14-8-4-10-17-12-14)9-5-11-18-16(21)13-6-2-1-3-7-13/h1-3,6-7,14,17H,4-5,8-12H2,(H,18,21)(H,19,20). The van der Waals surface area contributed by atoms with Crippen molar-refractivity contribution >= 4 is 11.8 Å². The molecule has 1 aromatic carbocycles. The van der Waals surface area contributed by atoms with Crippen molar-refractivity contribution < 1.29 is 9.59 Å². The van der Waals surface area contributed by atoms with Crippen LogP contribution >= 0.6 is 0 Å². The molecule has 2 amide bonds. The van der Waals surface area contributed by atoms with Crippen LogP contribution in [-0.4, -0.2) is 37.5 Å². The second-order valence-electron chi connectivity index (χ2n) is 5.34. The molecule has 0 radical (unpaired) electrons. The maximum atomic E-state index is 11.8. The van der Waals surface area contributed by atoms with Crippen molar-refractivity contribution in [2.45, 2.75) is 31.7 Å². The molecule has 1 heterocycles. The van der Waals surface area contributed by atoms with Crippen LogP contribution in [0.3, 0.4) is 0 Å². The summed E-state index contributed by atoms with van der Waals surface area (Å²) in [5, 5.41) is 9.12. The van der Waals surface area contributed by atoms with Gasteiger partial charge in [0.05, 0.1) is 0 Å². The number of carbonyl (C=O) groups is 2. The van der Waals surface area contributed by atoms with Crippen LogP contribution in [-0.2, 0) is 4.79 Å². The van der Waals surface area contributed by atoms with E-state index in [1.807, 2.05) is 18.2 Å². The molecule has 0 aromatic heterocycles. The van der Waals surface area contributed by atoms with Gasteiger partial charge in [0.2, 0.25) is 5.91 Å². The minimum Gasteiger partial charge on any atom is -0.352 e. The van der Waals surface area contributed by atoms with E-state index in [1.54, 1.807) is 12.1 Å². The van der Waals surface area contributed by atoms with Crippen molar-refractivity contribution in [1.29, 1.82) is 0 Å². The average Bonchev–Trinajstić information content (AvgIpc) is 2.53. The van der Waals surface area contributed by atoms with Gasteiger partial charge in [0, 0.05) is 31.1 Å². The molecule has 114 valence electrons. The zero-order chi connectivity index (χ0) is 14.9. The zero-order valence-corrected chi connectivity index (χ0v) is 12.2. The number of rotatable bonds is 6. The number of hydrogen-bond acceptors (Lipinski definition) is 3. The number of hydrogen-bond donors (Lipinski definition) is 3. The number of piperidine rings is 1. The van der Waals surface area contributed by atoms with Gasteiger partial charge in [-0.25, -0.2) is 0 Å². The Morgan fingerprint density at radius 1 is 1.24 bits per heavy atom. The van der Waals surface area contributed by atoms with Gasteiger partial charge in [-0.15, -0.1) is 0 Å². The van der Waals surface area contributed by atoms with E-state index < -0.39 is 0 Å². The molecule has 1 unspecified atom stereocenters. The summed E-state index contributed by atoms with van der Waals surface area (Å²) < 4.78 is 0. The molecular formula is C16H23N3O2. The molecule has 0 saturated carbocycles. The molecule has 5 heteroatoms. The Bertz CT molecular complexity index is 456. The highest BCUT2D eigenvalue weighted by molar-refractivity contribution is 5.94. The minimum atomic E-state index is -0.0903. The maximum Gasteiger partial charge on any atom is 0.251 e. The van der Waals surface area contributed by atoms with Gasteiger partial charge in [0.15, 0.2) is 0 Å². The molecule has 1 saturated heterocycles. The van der Waals surface area contributed by atoms with Crippen molar-refractivity contribution in [2.24, 2.45) is 0 Å². The number of benzene rings is 1. The molecule has 1 fully saturated rings. The van der Waals surface area contributed by atoms with Crippen LogP contribution < -0.4 is 16.0 Å². The SMILES string of the molecule is O=C(CCCNC(=O)c1ccccc1)NC1CCCNC1. The van der Waals surface area contributed by atoms with Gasteiger partial charge in [0.25, 0.3) is 5.91 Å². The summed E-state index contributed by atoms with van der Waals surface area (Å²) >= 11 is 0. The van der Waals surface area contributed by atoms with E-state index >= 15 is 0 Å². The Morgan fingerprint density at radius 2 is 2.05 bits per heavy atom. The third-order valence-electron chi connectivity index (χ3n) is 3.56. The first-order valence-corrected chi connectivity index (χ1v) is 7.59. The summed E-state index contributed by atoms with van der Waals surface area (Å²) in [6, 6.07) is 9.35. The lowest BCUT2D eigenvalue weighted by Crippen LogP contribution is -2.45. The lowest BCUT2D eigenvalue weighted by atomic mass is 10.1. The summed E-state index contributed by atoms with van der Waals surface area (Å²) in [6.07, 6.45) is 3.26. The van der Waals surface area contributed by atoms with Crippen molar-refractivity contribution in [3.05, 3.63) is 35.9 Å². The van der Waals surface area contributed by atoms with Crippen LogP contribution in [0.4, 0.5) is 0 Å².